The summed E-state index contributed by atoms with van der Waals surface area (Å²) in [4.78, 5) is 11.7. The molecule has 17 heavy (non-hydrogen) atoms. The Bertz CT molecular complexity index is 539. The summed E-state index contributed by atoms with van der Waals surface area (Å²) in [5.74, 6) is 0.242. The number of nitrogens with zero attached hydrogens (tertiary/aromatic N) is 2. The average molecular weight is 343 g/mol. The number of carbonyl (C=O) groups excluding carboxylic acids is 1. The van der Waals surface area contributed by atoms with Crippen molar-refractivity contribution in [3.63, 3.8) is 0 Å². The van der Waals surface area contributed by atoms with Crippen LogP contribution in [0, 0.1) is 10.5 Å². The van der Waals surface area contributed by atoms with Gasteiger partial charge in [-0.25, -0.2) is 4.63 Å². The maximum Gasteiger partial charge on any atom is 0.230 e. The molecule has 0 unspecified atom stereocenters. The van der Waals surface area contributed by atoms with E-state index in [4.69, 9.17) is 0 Å². The van der Waals surface area contributed by atoms with Gasteiger partial charge in [-0.1, -0.05) is 17.3 Å². The molecule has 6 heteroatoms. The Balaban J connectivity index is 2.01. The van der Waals surface area contributed by atoms with E-state index in [0.717, 1.165) is 9.13 Å². The second-order valence-corrected chi connectivity index (χ2v) is 4.80. The van der Waals surface area contributed by atoms with Gasteiger partial charge in [0.2, 0.25) is 5.91 Å². The van der Waals surface area contributed by atoms with Gasteiger partial charge in [-0.15, -0.1) is 0 Å². The molecule has 0 aliphatic rings. The summed E-state index contributed by atoms with van der Waals surface area (Å²) in [6, 6.07) is 7.78. The highest BCUT2D eigenvalue weighted by molar-refractivity contribution is 14.1. The molecule has 1 amide bonds. The second-order valence-electron chi connectivity index (χ2n) is 3.55. The van der Waals surface area contributed by atoms with Crippen molar-refractivity contribution < 1.29 is 9.42 Å². The van der Waals surface area contributed by atoms with Crippen molar-refractivity contribution in [2.45, 2.75) is 13.3 Å². The first-order valence-electron chi connectivity index (χ1n) is 4.98. The highest BCUT2D eigenvalue weighted by atomic mass is 127. The first-order chi connectivity index (χ1) is 8.15. The maximum absolute atomic E-state index is 11.7. The largest absolute Gasteiger partial charge is 0.306 e. The molecule has 0 aliphatic carbocycles. The van der Waals surface area contributed by atoms with Crippen molar-refractivity contribution in [2.75, 3.05) is 5.32 Å². The third-order valence-corrected chi connectivity index (χ3v) is 2.84. The van der Waals surface area contributed by atoms with Crippen LogP contribution in [-0.4, -0.2) is 16.2 Å². The maximum atomic E-state index is 11.7. The molecule has 5 nitrogen and oxygen atoms in total. The molecule has 1 heterocycles. The van der Waals surface area contributed by atoms with Crippen LogP contribution in [0.3, 0.4) is 0 Å². The molecule has 1 N–H and O–H groups in total. The van der Waals surface area contributed by atoms with Crippen LogP contribution in [0.25, 0.3) is 0 Å². The van der Waals surface area contributed by atoms with E-state index >= 15 is 0 Å². The van der Waals surface area contributed by atoms with Gasteiger partial charge < -0.3 is 5.32 Å². The van der Waals surface area contributed by atoms with Crippen molar-refractivity contribution in [2.24, 2.45) is 0 Å². The van der Waals surface area contributed by atoms with Gasteiger partial charge in [0, 0.05) is 3.57 Å². The van der Waals surface area contributed by atoms with Crippen molar-refractivity contribution >= 4 is 34.3 Å². The molecule has 0 fully saturated rings. The minimum absolute atomic E-state index is 0.134. The summed E-state index contributed by atoms with van der Waals surface area (Å²) in [6.45, 7) is 1.72. The number of rotatable bonds is 3. The van der Waals surface area contributed by atoms with E-state index in [-0.39, 0.29) is 5.91 Å². The highest BCUT2D eigenvalue weighted by Crippen LogP contribution is 2.11. The van der Waals surface area contributed by atoms with Crippen LogP contribution in [0.5, 0.6) is 0 Å². The molecule has 0 saturated heterocycles. The number of anilines is 1. The lowest BCUT2D eigenvalue weighted by Crippen LogP contribution is -2.15. The van der Waals surface area contributed by atoms with Crippen molar-refractivity contribution in [3.05, 3.63) is 39.1 Å². The third-order valence-electron chi connectivity index (χ3n) is 2.16. The van der Waals surface area contributed by atoms with Gasteiger partial charge in [-0.3, -0.25) is 4.79 Å². The zero-order valence-corrected chi connectivity index (χ0v) is 11.3. The van der Waals surface area contributed by atoms with Crippen molar-refractivity contribution in [1.82, 2.24) is 10.3 Å². The van der Waals surface area contributed by atoms with Gasteiger partial charge >= 0.3 is 0 Å². The van der Waals surface area contributed by atoms with Crippen LogP contribution in [0.1, 0.15) is 11.3 Å². The Morgan fingerprint density at radius 1 is 1.47 bits per heavy atom. The molecule has 1 aromatic carbocycles. The lowest BCUT2D eigenvalue weighted by molar-refractivity contribution is -0.115. The van der Waals surface area contributed by atoms with Crippen molar-refractivity contribution in [3.8, 4) is 0 Å². The quantitative estimate of drug-likeness (QED) is 0.868. The van der Waals surface area contributed by atoms with Gasteiger partial charge in [-0.05, 0) is 52.4 Å². The molecule has 0 aliphatic heterocycles. The number of hydrogen-bond donors (Lipinski definition) is 1. The summed E-state index contributed by atoms with van der Waals surface area (Å²) >= 11 is 2.21. The van der Waals surface area contributed by atoms with Gasteiger partial charge in [0.1, 0.15) is 5.69 Å². The van der Waals surface area contributed by atoms with E-state index in [9.17, 15) is 4.79 Å². The number of aromatic nitrogens is 2. The highest BCUT2D eigenvalue weighted by Gasteiger charge is 2.10. The van der Waals surface area contributed by atoms with Crippen LogP contribution in [0.15, 0.2) is 28.9 Å². The zero-order chi connectivity index (χ0) is 12.3. The molecule has 2 aromatic rings. The van der Waals surface area contributed by atoms with Gasteiger partial charge in [0.25, 0.3) is 0 Å². The van der Waals surface area contributed by atoms with Gasteiger partial charge in [0.05, 0.1) is 6.42 Å². The monoisotopic (exact) mass is 343 g/mol. The Morgan fingerprint density at radius 3 is 2.94 bits per heavy atom. The van der Waals surface area contributed by atoms with Crippen LogP contribution in [-0.2, 0) is 11.2 Å². The SMILES string of the molecule is Cc1nonc1NC(=O)Cc1cccc(I)c1. The standard InChI is InChI=1S/C11H10IN3O2/c1-7-11(15-17-14-7)13-10(16)6-8-3-2-4-9(12)5-8/h2-5H,6H2,1H3,(H,13,15,16). The molecular weight excluding hydrogens is 333 g/mol. The first-order valence-corrected chi connectivity index (χ1v) is 6.06. The summed E-state index contributed by atoms with van der Waals surface area (Å²) in [7, 11) is 0. The third kappa shape index (κ3) is 3.26. The Labute approximate surface area is 112 Å². The number of aryl methyl sites for hydroxylation is 1. The fourth-order valence-corrected chi connectivity index (χ4v) is 1.96. The Kier molecular flexibility index (Phi) is 3.72. The molecule has 0 atom stereocenters. The topological polar surface area (TPSA) is 68.0 Å². The molecule has 2 rings (SSSR count). The number of halogens is 1. The molecule has 88 valence electrons. The predicted molar refractivity (Wildman–Crippen MR) is 70.5 cm³/mol. The summed E-state index contributed by atoms with van der Waals surface area (Å²) in [6.07, 6.45) is 0.309. The lowest BCUT2D eigenvalue weighted by atomic mass is 10.1. The van der Waals surface area contributed by atoms with Crippen LogP contribution < -0.4 is 5.32 Å². The van der Waals surface area contributed by atoms with Gasteiger partial charge in [0.15, 0.2) is 5.82 Å². The van der Waals surface area contributed by atoms with E-state index in [1.807, 2.05) is 24.3 Å². The Morgan fingerprint density at radius 2 is 2.29 bits per heavy atom. The smallest absolute Gasteiger partial charge is 0.230 e. The molecule has 0 saturated carbocycles. The molecular formula is C11H10IN3O2. The number of nitrogens with one attached hydrogen (secondary N) is 1. The van der Waals surface area contributed by atoms with E-state index < -0.39 is 0 Å². The van der Waals surface area contributed by atoms with E-state index in [2.05, 4.69) is 42.9 Å². The molecule has 1 aromatic heterocycles. The Hall–Kier alpha value is -1.44. The average Bonchev–Trinajstić information content (AvgIpc) is 2.64. The fraction of sp³-hybridized carbons (Fsp3) is 0.182. The van der Waals surface area contributed by atoms with Crippen molar-refractivity contribution in [1.29, 1.82) is 0 Å². The van der Waals surface area contributed by atoms with E-state index in [1.54, 1.807) is 6.92 Å². The number of hydrogen-bond acceptors (Lipinski definition) is 4. The number of benzene rings is 1. The predicted octanol–water partition coefficient (Wildman–Crippen LogP) is 2.16. The van der Waals surface area contributed by atoms with Crippen LogP contribution in [0.2, 0.25) is 0 Å². The summed E-state index contributed by atoms with van der Waals surface area (Å²) in [5, 5.41) is 9.83. The number of carbonyl (C=O) groups is 1. The molecule has 0 bridgehead atoms. The first kappa shape index (κ1) is 12.0. The van der Waals surface area contributed by atoms with E-state index in [0.29, 0.717) is 17.9 Å². The van der Waals surface area contributed by atoms with Crippen LogP contribution in [0.4, 0.5) is 5.82 Å². The fourth-order valence-electron chi connectivity index (χ4n) is 1.35. The molecule has 0 spiro atoms. The lowest BCUT2D eigenvalue weighted by Gasteiger charge is -2.02. The van der Waals surface area contributed by atoms with Gasteiger partial charge in [-0.2, -0.15) is 0 Å². The van der Waals surface area contributed by atoms with E-state index in [1.165, 1.54) is 0 Å². The minimum atomic E-state index is -0.134. The summed E-state index contributed by atoms with van der Waals surface area (Å²) in [5.41, 5.74) is 1.53. The summed E-state index contributed by atoms with van der Waals surface area (Å²) < 4.78 is 5.60. The zero-order valence-electron chi connectivity index (χ0n) is 9.11. The normalized spacial score (nSPS) is 10.2. The number of amides is 1. The van der Waals surface area contributed by atoms with Crippen LogP contribution >= 0.6 is 22.6 Å². The molecule has 0 radical (unpaired) electrons. The minimum Gasteiger partial charge on any atom is -0.306 e. The second kappa shape index (κ2) is 5.26.